The van der Waals surface area contributed by atoms with Gasteiger partial charge in [-0.1, -0.05) is 64.6 Å². The maximum Gasteiger partial charge on any atom is 0.255 e. The van der Waals surface area contributed by atoms with Gasteiger partial charge >= 0.3 is 0 Å². The van der Waals surface area contributed by atoms with Gasteiger partial charge in [-0.2, -0.15) is 5.10 Å². The van der Waals surface area contributed by atoms with Crippen molar-refractivity contribution in [3.8, 4) is 17.0 Å². The molecule has 2 aromatic carbocycles. The van der Waals surface area contributed by atoms with E-state index in [1.165, 1.54) is 19.2 Å². The highest BCUT2D eigenvalue weighted by Gasteiger charge is 2.42. The molecule has 0 unspecified atom stereocenters. The molecule has 0 radical (unpaired) electrons. The second kappa shape index (κ2) is 9.49. The summed E-state index contributed by atoms with van der Waals surface area (Å²) in [5, 5.41) is 8.92. The Morgan fingerprint density at radius 2 is 1.89 bits per heavy atom. The molecule has 1 fully saturated rings. The molecule has 1 amide bonds. The smallest absolute Gasteiger partial charge is 0.255 e. The average molecular weight is 594 g/mol. The number of hydrogen-bond donors (Lipinski definition) is 1. The van der Waals surface area contributed by atoms with Crippen LogP contribution in [-0.2, 0) is 0 Å². The van der Waals surface area contributed by atoms with Crippen molar-refractivity contribution < 1.29 is 13.9 Å². The summed E-state index contributed by atoms with van der Waals surface area (Å²) >= 11 is 25.8. The third-order valence-corrected chi connectivity index (χ3v) is 8.15. The maximum atomic E-state index is 14.7. The van der Waals surface area contributed by atoms with Crippen LogP contribution in [-0.4, -0.2) is 40.9 Å². The van der Waals surface area contributed by atoms with E-state index in [9.17, 15) is 9.18 Å². The Hall–Kier alpha value is -2.71. The monoisotopic (exact) mass is 592 g/mol. The molecule has 1 N–H and O–H groups in total. The number of carbonyl (C=O) groups is 1. The Morgan fingerprint density at radius 3 is 2.66 bits per heavy atom. The van der Waals surface area contributed by atoms with Crippen LogP contribution in [0.1, 0.15) is 35.3 Å². The predicted octanol–water partition coefficient (Wildman–Crippen LogP) is 7.42. The van der Waals surface area contributed by atoms with Gasteiger partial charge < -0.3 is 15.0 Å². The molecule has 0 aliphatic carbocycles. The van der Waals surface area contributed by atoms with Crippen LogP contribution in [0.15, 0.2) is 48.7 Å². The third-order valence-electron chi connectivity index (χ3n) is 6.84. The number of nitrogens with one attached hydrogen (secondary N) is 1. The minimum atomic E-state index is -1.38. The molecule has 38 heavy (non-hydrogen) atoms. The van der Waals surface area contributed by atoms with Gasteiger partial charge in [-0.15, -0.1) is 0 Å². The van der Waals surface area contributed by atoms with Crippen molar-refractivity contribution >= 4 is 63.5 Å². The van der Waals surface area contributed by atoms with Gasteiger partial charge in [0.05, 0.1) is 69.5 Å². The molecular weight excluding hydrogens is 573 g/mol. The fourth-order valence-corrected chi connectivity index (χ4v) is 6.16. The second-order valence-electron chi connectivity index (χ2n) is 9.76. The SMILES string of the molecule is CC1(F)CN(c2c(C(=O)N[C@H]3CCOc4ccccc43)cnn3c(-c4cc(Cl)cc(Cl)c4Cl)c(Cl)cc23)C1. The van der Waals surface area contributed by atoms with Gasteiger partial charge in [0.1, 0.15) is 11.4 Å². The highest BCUT2D eigenvalue weighted by Crippen LogP contribution is 2.44. The van der Waals surface area contributed by atoms with Crippen molar-refractivity contribution in [2.45, 2.75) is 25.1 Å². The molecule has 0 spiro atoms. The van der Waals surface area contributed by atoms with E-state index >= 15 is 0 Å². The van der Waals surface area contributed by atoms with E-state index in [0.717, 1.165) is 11.3 Å². The summed E-state index contributed by atoms with van der Waals surface area (Å²) in [6.45, 7) is 2.26. The molecular formula is C27H21Cl4FN4O2. The van der Waals surface area contributed by atoms with Crippen molar-refractivity contribution in [1.82, 2.24) is 14.9 Å². The standard InChI is InChI=1S/C27H21Cl4FN4O2/c1-27(32)12-35(13-27)25-17(26(37)34-20-6-7-38-22-5-3-2-4-15(20)22)11-33-36-21(25)10-19(30)24(36)16-8-14(28)9-18(29)23(16)31/h2-5,8-11,20H,6-7,12-13H2,1H3,(H,34,37)/t20-/m0/s1. The molecule has 2 aliphatic rings. The fraction of sp³-hybridized carbons (Fsp3) is 0.259. The van der Waals surface area contributed by atoms with Crippen LogP contribution in [0, 0.1) is 0 Å². The van der Waals surface area contributed by atoms with E-state index in [0.29, 0.717) is 51.1 Å². The number of carbonyl (C=O) groups excluding carboxylic acids is 1. The lowest BCUT2D eigenvalue weighted by molar-refractivity contribution is 0.0922. The van der Waals surface area contributed by atoms with Gasteiger partial charge in [-0.25, -0.2) is 8.91 Å². The Labute approximate surface area is 238 Å². The molecule has 2 aromatic heterocycles. The van der Waals surface area contributed by atoms with Crippen molar-refractivity contribution in [2.75, 3.05) is 24.6 Å². The maximum absolute atomic E-state index is 14.7. The van der Waals surface area contributed by atoms with Crippen LogP contribution in [0.25, 0.3) is 16.8 Å². The normalized spacial score (nSPS) is 18.1. The summed E-state index contributed by atoms with van der Waals surface area (Å²) in [6, 6.07) is 12.3. The average Bonchev–Trinajstić information content (AvgIpc) is 3.20. The number of para-hydroxylation sites is 1. The first kappa shape index (κ1) is 25.6. The van der Waals surface area contributed by atoms with Crippen LogP contribution < -0.4 is 15.0 Å². The number of hydrogen-bond acceptors (Lipinski definition) is 4. The van der Waals surface area contributed by atoms with Gasteiger partial charge in [0, 0.05) is 22.6 Å². The lowest BCUT2D eigenvalue weighted by Gasteiger charge is -2.44. The van der Waals surface area contributed by atoms with Gasteiger partial charge in [-0.05, 0) is 31.2 Å². The topological polar surface area (TPSA) is 58.9 Å². The number of benzene rings is 2. The molecule has 4 aromatic rings. The molecule has 1 atom stereocenters. The van der Waals surface area contributed by atoms with Crippen molar-refractivity contribution in [3.63, 3.8) is 0 Å². The summed E-state index contributed by atoms with van der Waals surface area (Å²) in [5.74, 6) is 0.417. The number of ether oxygens (including phenoxy) is 1. The number of halogens is 5. The summed E-state index contributed by atoms with van der Waals surface area (Å²) in [5.41, 5.74) is 1.86. The Kier molecular flexibility index (Phi) is 6.38. The van der Waals surface area contributed by atoms with Crippen LogP contribution in [0.2, 0.25) is 20.1 Å². The lowest BCUT2D eigenvalue weighted by Crippen LogP contribution is -2.58. The van der Waals surface area contributed by atoms with Crippen LogP contribution in [0.4, 0.5) is 10.1 Å². The number of aromatic nitrogens is 2. The van der Waals surface area contributed by atoms with Crippen LogP contribution >= 0.6 is 46.4 Å². The Bertz CT molecular complexity index is 1600. The van der Waals surface area contributed by atoms with Gasteiger partial charge in [0.25, 0.3) is 5.91 Å². The zero-order chi connectivity index (χ0) is 26.8. The molecule has 1 saturated heterocycles. The third kappa shape index (κ3) is 4.35. The molecule has 4 heterocycles. The number of alkyl halides is 1. The second-order valence-corrected chi connectivity index (χ2v) is 11.4. The molecule has 2 aliphatic heterocycles. The van der Waals surface area contributed by atoms with Gasteiger partial charge in [-0.3, -0.25) is 4.79 Å². The Balaban J connectivity index is 1.47. The first-order valence-corrected chi connectivity index (χ1v) is 13.5. The van der Waals surface area contributed by atoms with E-state index in [-0.39, 0.29) is 35.1 Å². The van der Waals surface area contributed by atoms with Gasteiger partial charge in [0.2, 0.25) is 0 Å². The van der Waals surface area contributed by atoms with Crippen molar-refractivity contribution in [2.24, 2.45) is 0 Å². The van der Waals surface area contributed by atoms with Gasteiger partial charge in [0.15, 0.2) is 0 Å². The first-order valence-electron chi connectivity index (χ1n) is 11.9. The molecule has 6 nitrogen and oxygen atoms in total. The number of nitrogens with zero attached hydrogens (tertiary/aromatic N) is 3. The minimum Gasteiger partial charge on any atom is -0.493 e. The highest BCUT2D eigenvalue weighted by atomic mass is 35.5. The zero-order valence-corrected chi connectivity index (χ0v) is 23.1. The molecule has 6 rings (SSSR count). The largest absolute Gasteiger partial charge is 0.493 e. The lowest BCUT2D eigenvalue weighted by atomic mass is 9.96. The Morgan fingerprint density at radius 1 is 1.13 bits per heavy atom. The highest BCUT2D eigenvalue weighted by molar-refractivity contribution is 6.45. The molecule has 11 heteroatoms. The molecule has 196 valence electrons. The van der Waals surface area contributed by atoms with E-state index in [1.807, 2.05) is 29.2 Å². The minimum absolute atomic E-state index is 0.120. The first-order chi connectivity index (χ1) is 18.1. The number of anilines is 1. The van der Waals surface area contributed by atoms with Crippen LogP contribution in [0.3, 0.4) is 0 Å². The number of fused-ring (bicyclic) bond motifs is 2. The molecule has 0 bridgehead atoms. The number of rotatable bonds is 4. The predicted molar refractivity (Wildman–Crippen MR) is 149 cm³/mol. The molecule has 0 saturated carbocycles. The number of amides is 1. The van der Waals surface area contributed by atoms with E-state index in [2.05, 4.69) is 10.4 Å². The summed E-state index contributed by atoms with van der Waals surface area (Å²) in [6.07, 6.45) is 2.09. The van der Waals surface area contributed by atoms with E-state index < -0.39 is 5.67 Å². The van der Waals surface area contributed by atoms with Crippen molar-refractivity contribution in [1.29, 1.82) is 0 Å². The van der Waals surface area contributed by atoms with E-state index in [1.54, 1.807) is 16.6 Å². The quantitative estimate of drug-likeness (QED) is 0.250. The van der Waals surface area contributed by atoms with E-state index in [4.69, 9.17) is 51.1 Å². The summed E-state index contributed by atoms with van der Waals surface area (Å²) in [4.78, 5) is 15.5. The summed E-state index contributed by atoms with van der Waals surface area (Å²) < 4.78 is 22.0. The van der Waals surface area contributed by atoms with Crippen LogP contribution in [0.5, 0.6) is 5.75 Å². The fourth-order valence-electron chi connectivity index (χ4n) is 5.18. The zero-order valence-electron chi connectivity index (χ0n) is 20.1. The summed E-state index contributed by atoms with van der Waals surface area (Å²) in [7, 11) is 0. The van der Waals surface area contributed by atoms with Crippen molar-refractivity contribution in [3.05, 3.63) is 79.9 Å².